The van der Waals surface area contributed by atoms with E-state index in [9.17, 15) is 4.79 Å². The molecule has 0 saturated carbocycles. The van der Waals surface area contributed by atoms with Crippen molar-refractivity contribution in [3.05, 3.63) is 0 Å². The summed E-state index contributed by atoms with van der Waals surface area (Å²) in [5.74, 6) is 0.536. The molecule has 1 amide bonds. The number of halogens is 1. The first-order chi connectivity index (χ1) is 6.70. The van der Waals surface area contributed by atoms with Gasteiger partial charge in [0.1, 0.15) is 0 Å². The van der Waals surface area contributed by atoms with E-state index in [-0.39, 0.29) is 5.91 Å². The highest BCUT2D eigenvalue weighted by Gasteiger charge is 2.04. The van der Waals surface area contributed by atoms with Crippen LogP contribution in [0, 0.1) is 5.92 Å². The van der Waals surface area contributed by atoms with Crippen molar-refractivity contribution in [2.24, 2.45) is 5.92 Å². The van der Waals surface area contributed by atoms with E-state index in [4.69, 9.17) is 4.74 Å². The average molecular weight is 266 g/mol. The number of rotatable bonds is 8. The molecule has 0 aliphatic rings. The van der Waals surface area contributed by atoms with E-state index in [2.05, 4.69) is 28.2 Å². The standard InChI is InChI=1S/C10H20BrNO2/c1-9(8-14-2)7-12-10(13)5-3-4-6-11/h9H,3-8H2,1-2H3,(H,12,13). The normalized spacial score (nSPS) is 12.5. The fourth-order valence-corrected chi connectivity index (χ4v) is 1.50. The Labute approximate surface area is 94.7 Å². The smallest absolute Gasteiger partial charge is 0.220 e. The SMILES string of the molecule is COCC(C)CNC(=O)CCCCBr. The van der Waals surface area contributed by atoms with Gasteiger partial charge in [-0.2, -0.15) is 0 Å². The number of unbranched alkanes of at least 4 members (excludes halogenated alkanes) is 1. The van der Waals surface area contributed by atoms with Gasteiger partial charge in [0.05, 0.1) is 6.61 Å². The summed E-state index contributed by atoms with van der Waals surface area (Å²) in [5, 5.41) is 3.86. The van der Waals surface area contributed by atoms with E-state index >= 15 is 0 Å². The van der Waals surface area contributed by atoms with Crippen LogP contribution < -0.4 is 5.32 Å². The number of nitrogens with one attached hydrogen (secondary N) is 1. The van der Waals surface area contributed by atoms with E-state index in [1.807, 2.05) is 0 Å². The molecule has 0 spiro atoms. The van der Waals surface area contributed by atoms with Gasteiger partial charge in [-0.15, -0.1) is 0 Å². The summed E-state index contributed by atoms with van der Waals surface area (Å²) in [4.78, 5) is 11.3. The Bertz CT molecular complexity index is 153. The number of hydrogen-bond donors (Lipinski definition) is 1. The summed E-state index contributed by atoms with van der Waals surface area (Å²) in [5.41, 5.74) is 0. The fraction of sp³-hybridized carbons (Fsp3) is 0.900. The average Bonchev–Trinajstić information content (AvgIpc) is 2.16. The second kappa shape index (κ2) is 9.46. The number of alkyl halides is 1. The lowest BCUT2D eigenvalue weighted by Crippen LogP contribution is -2.29. The molecule has 0 aliphatic heterocycles. The maximum atomic E-state index is 11.3. The van der Waals surface area contributed by atoms with Gasteiger partial charge in [0.25, 0.3) is 0 Å². The molecule has 0 aromatic carbocycles. The second-order valence-electron chi connectivity index (χ2n) is 3.51. The molecule has 0 rings (SSSR count). The Balaban J connectivity index is 3.34. The first kappa shape index (κ1) is 13.9. The first-order valence-electron chi connectivity index (χ1n) is 5.02. The summed E-state index contributed by atoms with van der Waals surface area (Å²) < 4.78 is 4.98. The lowest BCUT2D eigenvalue weighted by Gasteiger charge is -2.11. The van der Waals surface area contributed by atoms with Gasteiger partial charge in [0.15, 0.2) is 0 Å². The van der Waals surface area contributed by atoms with Crippen LogP contribution in [0.2, 0.25) is 0 Å². The minimum absolute atomic E-state index is 0.147. The molecule has 0 aromatic rings. The molecule has 0 bridgehead atoms. The highest BCUT2D eigenvalue weighted by atomic mass is 79.9. The van der Waals surface area contributed by atoms with E-state index in [1.165, 1.54) is 0 Å². The van der Waals surface area contributed by atoms with Crippen molar-refractivity contribution in [3.8, 4) is 0 Å². The summed E-state index contributed by atoms with van der Waals surface area (Å²) in [7, 11) is 1.67. The summed E-state index contributed by atoms with van der Waals surface area (Å²) in [6, 6.07) is 0. The Morgan fingerprint density at radius 3 is 2.79 bits per heavy atom. The van der Waals surface area contributed by atoms with Crippen LogP contribution >= 0.6 is 15.9 Å². The van der Waals surface area contributed by atoms with Crippen molar-refractivity contribution in [1.82, 2.24) is 5.32 Å². The Hall–Kier alpha value is -0.0900. The van der Waals surface area contributed by atoms with Crippen LogP contribution in [0.15, 0.2) is 0 Å². The minimum Gasteiger partial charge on any atom is -0.384 e. The lowest BCUT2D eigenvalue weighted by molar-refractivity contribution is -0.121. The number of carbonyl (C=O) groups excluding carboxylic acids is 1. The van der Waals surface area contributed by atoms with Gasteiger partial charge in [-0.1, -0.05) is 22.9 Å². The lowest BCUT2D eigenvalue weighted by atomic mass is 10.2. The molecule has 0 aliphatic carbocycles. The number of methoxy groups -OCH3 is 1. The van der Waals surface area contributed by atoms with Gasteiger partial charge in [0.2, 0.25) is 5.91 Å². The van der Waals surface area contributed by atoms with Crippen molar-refractivity contribution in [2.75, 3.05) is 25.6 Å². The largest absolute Gasteiger partial charge is 0.384 e. The Morgan fingerprint density at radius 1 is 1.50 bits per heavy atom. The molecule has 1 N–H and O–H groups in total. The van der Waals surface area contributed by atoms with Gasteiger partial charge >= 0.3 is 0 Å². The number of hydrogen-bond acceptors (Lipinski definition) is 2. The van der Waals surface area contributed by atoms with Crippen molar-refractivity contribution < 1.29 is 9.53 Å². The molecule has 1 atom stereocenters. The molecule has 0 aromatic heterocycles. The second-order valence-corrected chi connectivity index (χ2v) is 4.30. The maximum absolute atomic E-state index is 11.3. The molecule has 1 unspecified atom stereocenters. The highest BCUT2D eigenvalue weighted by molar-refractivity contribution is 9.09. The molecule has 0 fully saturated rings. The highest BCUT2D eigenvalue weighted by Crippen LogP contribution is 1.99. The minimum atomic E-state index is 0.147. The molecule has 4 heteroatoms. The van der Waals surface area contributed by atoms with Gasteiger partial charge in [-0.25, -0.2) is 0 Å². The van der Waals surface area contributed by atoms with Crippen molar-refractivity contribution in [3.63, 3.8) is 0 Å². The predicted molar refractivity (Wildman–Crippen MR) is 61.7 cm³/mol. The zero-order valence-electron chi connectivity index (χ0n) is 9.01. The van der Waals surface area contributed by atoms with Crippen LogP contribution in [-0.2, 0) is 9.53 Å². The molecular weight excluding hydrogens is 246 g/mol. The molecule has 84 valence electrons. The van der Waals surface area contributed by atoms with Crippen LogP contribution in [0.4, 0.5) is 0 Å². The topological polar surface area (TPSA) is 38.3 Å². The number of carbonyl (C=O) groups is 1. The fourth-order valence-electron chi connectivity index (χ4n) is 1.10. The van der Waals surface area contributed by atoms with E-state index in [0.29, 0.717) is 25.5 Å². The van der Waals surface area contributed by atoms with Gasteiger partial charge < -0.3 is 10.1 Å². The molecule has 0 saturated heterocycles. The molecule has 0 radical (unpaired) electrons. The summed E-state index contributed by atoms with van der Waals surface area (Å²) >= 11 is 3.33. The molecule has 14 heavy (non-hydrogen) atoms. The van der Waals surface area contributed by atoms with E-state index in [1.54, 1.807) is 7.11 Å². The summed E-state index contributed by atoms with van der Waals surface area (Å²) in [6.07, 6.45) is 2.64. The van der Waals surface area contributed by atoms with Crippen LogP contribution in [0.1, 0.15) is 26.2 Å². The van der Waals surface area contributed by atoms with Crippen LogP contribution in [0.25, 0.3) is 0 Å². The van der Waals surface area contributed by atoms with Crippen molar-refractivity contribution in [2.45, 2.75) is 26.2 Å². The molecular formula is C10H20BrNO2. The third-order valence-corrected chi connectivity index (χ3v) is 2.45. The number of amides is 1. The quantitative estimate of drug-likeness (QED) is 0.538. The van der Waals surface area contributed by atoms with E-state index in [0.717, 1.165) is 18.2 Å². The zero-order chi connectivity index (χ0) is 10.8. The monoisotopic (exact) mass is 265 g/mol. The predicted octanol–water partition coefficient (Wildman–Crippen LogP) is 1.95. The van der Waals surface area contributed by atoms with Crippen LogP contribution in [-0.4, -0.2) is 31.5 Å². The molecule has 0 heterocycles. The Kier molecular flexibility index (Phi) is 9.40. The molecule has 3 nitrogen and oxygen atoms in total. The van der Waals surface area contributed by atoms with Gasteiger partial charge in [-0.05, 0) is 18.8 Å². The van der Waals surface area contributed by atoms with Gasteiger partial charge in [-0.3, -0.25) is 4.79 Å². The first-order valence-corrected chi connectivity index (χ1v) is 6.14. The van der Waals surface area contributed by atoms with Crippen molar-refractivity contribution in [1.29, 1.82) is 0 Å². The zero-order valence-corrected chi connectivity index (χ0v) is 10.6. The van der Waals surface area contributed by atoms with Crippen molar-refractivity contribution >= 4 is 21.8 Å². The Morgan fingerprint density at radius 2 is 2.21 bits per heavy atom. The van der Waals surface area contributed by atoms with E-state index < -0.39 is 0 Å². The number of ether oxygens (including phenoxy) is 1. The third-order valence-electron chi connectivity index (χ3n) is 1.89. The third kappa shape index (κ3) is 8.51. The van der Waals surface area contributed by atoms with Crippen LogP contribution in [0.5, 0.6) is 0 Å². The summed E-state index contributed by atoms with van der Waals surface area (Å²) in [6.45, 7) is 3.46. The van der Waals surface area contributed by atoms with Crippen LogP contribution in [0.3, 0.4) is 0 Å². The van der Waals surface area contributed by atoms with Gasteiger partial charge in [0, 0.05) is 25.4 Å². The maximum Gasteiger partial charge on any atom is 0.220 e.